The van der Waals surface area contributed by atoms with Gasteiger partial charge in [-0.3, -0.25) is 9.69 Å². The zero-order valence-corrected chi connectivity index (χ0v) is 15.1. The highest BCUT2D eigenvalue weighted by molar-refractivity contribution is 5.85. The summed E-state index contributed by atoms with van der Waals surface area (Å²) in [5, 5.41) is 3.07. The van der Waals surface area contributed by atoms with Crippen LogP contribution < -0.4 is 5.32 Å². The lowest BCUT2D eigenvalue weighted by Gasteiger charge is -2.39. The lowest BCUT2D eigenvalue weighted by molar-refractivity contribution is -0.131. The number of amides is 1. The van der Waals surface area contributed by atoms with Crippen LogP contribution in [0, 0.1) is 12.8 Å². The van der Waals surface area contributed by atoms with Gasteiger partial charge in [-0.1, -0.05) is 44.2 Å². The smallest absolute Gasteiger partial charge is 0.239 e. The minimum atomic E-state index is -0.470. The van der Waals surface area contributed by atoms with Crippen molar-refractivity contribution in [2.75, 3.05) is 19.6 Å². The highest BCUT2D eigenvalue weighted by Crippen LogP contribution is 2.28. The number of nitrogens with zero attached hydrogens (tertiary/aromatic N) is 1. The molecule has 1 N–H and O–H groups in total. The first-order valence-corrected chi connectivity index (χ1v) is 8.60. The second-order valence-electron chi connectivity index (χ2n) is 7.40. The van der Waals surface area contributed by atoms with Crippen molar-refractivity contribution in [2.24, 2.45) is 5.92 Å². The number of nitrogens with one attached hydrogen (secondary N) is 1. The molecule has 0 aliphatic carbocycles. The number of carbonyl (C=O) groups is 1. The summed E-state index contributed by atoms with van der Waals surface area (Å²) < 4.78 is 0. The molecule has 126 valence electrons. The summed E-state index contributed by atoms with van der Waals surface area (Å²) in [5.74, 6) is 0.600. The average Bonchev–Trinajstić information content (AvgIpc) is 2.53. The standard InChI is InChI=1S/C20H30N2O/c1-15(2)14-21-19(23)20(4,5)22-12-10-17(11-13-22)18-9-7-6-8-16(18)3/h6-10,15H,11-14H2,1-5H3,(H,21,23). The van der Waals surface area contributed by atoms with Crippen molar-refractivity contribution in [3.05, 3.63) is 41.5 Å². The van der Waals surface area contributed by atoms with Crippen molar-refractivity contribution in [3.63, 3.8) is 0 Å². The minimum Gasteiger partial charge on any atom is -0.354 e. The van der Waals surface area contributed by atoms with Gasteiger partial charge in [-0.05, 0) is 49.8 Å². The SMILES string of the molecule is Cc1ccccc1C1=CCN(C(C)(C)C(=O)NCC(C)C)CC1. The molecule has 1 aliphatic rings. The van der Waals surface area contributed by atoms with Gasteiger partial charge in [0.1, 0.15) is 0 Å². The summed E-state index contributed by atoms with van der Waals surface area (Å²) in [6.07, 6.45) is 3.27. The van der Waals surface area contributed by atoms with E-state index in [0.29, 0.717) is 5.92 Å². The number of carbonyl (C=O) groups excluding carboxylic acids is 1. The molecule has 23 heavy (non-hydrogen) atoms. The van der Waals surface area contributed by atoms with E-state index in [0.717, 1.165) is 26.1 Å². The Balaban J connectivity index is 2.05. The van der Waals surface area contributed by atoms with Gasteiger partial charge in [0.2, 0.25) is 5.91 Å². The predicted molar refractivity (Wildman–Crippen MR) is 97.3 cm³/mol. The van der Waals surface area contributed by atoms with Crippen molar-refractivity contribution in [3.8, 4) is 0 Å². The van der Waals surface area contributed by atoms with Crippen molar-refractivity contribution in [2.45, 2.75) is 46.6 Å². The maximum absolute atomic E-state index is 12.5. The van der Waals surface area contributed by atoms with Gasteiger partial charge in [0, 0.05) is 19.6 Å². The van der Waals surface area contributed by atoms with Crippen molar-refractivity contribution >= 4 is 11.5 Å². The molecule has 0 saturated heterocycles. The Morgan fingerprint density at radius 3 is 2.57 bits per heavy atom. The Labute approximate surface area is 140 Å². The van der Waals surface area contributed by atoms with E-state index in [1.165, 1.54) is 16.7 Å². The number of rotatable bonds is 5. The summed E-state index contributed by atoms with van der Waals surface area (Å²) in [6.45, 7) is 12.9. The van der Waals surface area contributed by atoms with Crippen molar-refractivity contribution in [1.82, 2.24) is 10.2 Å². The Morgan fingerprint density at radius 2 is 2.00 bits per heavy atom. The molecule has 1 aliphatic heterocycles. The lowest BCUT2D eigenvalue weighted by atomic mass is 9.92. The van der Waals surface area contributed by atoms with Crippen LogP contribution in [0.2, 0.25) is 0 Å². The van der Waals surface area contributed by atoms with Gasteiger partial charge >= 0.3 is 0 Å². The molecule has 1 aromatic rings. The maximum Gasteiger partial charge on any atom is 0.239 e. The Kier molecular flexibility index (Phi) is 5.64. The van der Waals surface area contributed by atoms with E-state index in [1.807, 2.05) is 13.8 Å². The molecule has 2 rings (SSSR count). The molecule has 0 aromatic heterocycles. The van der Waals surface area contributed by atoms with Gasteiger partial charge < -0.3 is 5.32 Å². The van der Waals surface area contributed by atoms with Crippen LogP contribution in [0.4, 0.5) is 0 Å². The van der Waals surface area contributed by atoms with Crippen LogP contribution in [0.5, 0.6) is 0 Å². The molecule has 0 saturated carbocycles. The third-order valence-corrected chi connectivity index (χ3v) is 4.72. The van der Waals surface area contributed by atoms with Gasteiger partial charge in [0.15, 0.2) is 0 Å². The van der Waals surface area contributed by atoms with E-state index in [9.17, 15) is 4.79 Å². The van der Waals surface area contributed by atoms with Gasteiger partial charge in [-0.25, -0.2) is 0 Å². The number of hydrogen-bond acceptors (Lipinski definition) is 2. The zero-order chi connectivity index (χ0) is 17.0. The first-order chi connectivity index (χ1) is 10.8. The Hall–Kier alpha value is -1.61. The second-order valence-corrected chi connectivity index (χ2v) is 7.40. The quantitative estimate of drug-likeness (QED) is 0.900. The van der Waals surface area contributed by atoms with Gasteiger partial charge in [-0.15, -0.1) is 0 Å². The molecule has 0 atom stereocenters. The highest BCUT2D eigenvalue weighted by atomic mass is 16.2. The molecular formula is C20H30N2O. The topological polar surface area (TPSA) is 32.3 Å². The van der Waals surface area contributed by atoms with Crippen LogP contribution in [0.25, 0.3) is 5.57 Å². The Morgan fingerprint density at radius 1 is 1.30 bits per heavy atom. The summed E-state index contributed by atoms with van der Waals surface area (Å²) in [7, 11) is 0. The van der Waals surface area contributed by atoms with E-state index in [-0.39, 0.29) is 5.91 Å². The molecule has 0 fully saturated rings. The second kappa shape index (κ2) is 7.31. The monoisotopic (exact) mass is 314 g/mol. The molecular weight excluding hydrogens is 284 g/mol. The van der Waals surface area contributed by atoms with E-state index < -0.39 is 5.54 Å². The fourth-order valence-electron chi connectivity index (χ4n) is 3.01. The van der Waals surface area contributed by atoms with Gasteiger partial charge in [0.25, 0.3) is 0 Å². The third-order valence-electron chi connectivity index (χ3n) is 4.72. The van der Waals surface area contributed by atoms with Crippen LogP contribution in [0.15, 0.2) is 30.3 Å². The van der Waals surface area contributed by atoms with Gasteiger partial charge in [-0.2, -0.15) is 0 Å². The molecule has 1 aromatic carbocycles. The van der Waals surface area contributed by atoms with Crippen LogP contribution >= 0.6 is 0 Å². The predicted octanol–water partition coefficient (Wildman–Crippen LogP) is 3.63. The molecule has 3 heteroatoms. The normalized spacial score (nSPS) is 16.3. The van der Waals surface area contributed by atoms with Gasteiger partial charge in [0.05, 0.1) is 5.54 Å². The third kappa shape index (κ3) is 4.23. The molecule has 0 unspecified atom stereocenters. The summed E-state index contributed by atoms with van der Waals surface area (Å²) in [6, 6.07) is 8.53. The molecule has 0 radical (unpaired) electrons. The zero-order valence-electron chi connectivity index (χ0n) is 15.1. The summed E-state index contributed by atoms with van der Waals surface area (Å²) in [5.41, 5.74) is 3.59. The van der Waals surface area contributed by atoms with E-state index in [2.05, 4.69) is 61.3 Å². The summed E-state index contributed by atoms with van der Waals surface area (Å²) in [4.78, 5) is 14.8. The molecule has 0 bridgehead atoms. The first kappa shape index (κ1) is 17.7. The molecule has 0 spiro atoms. The average molecular weight is 314 g/mol. The highest BCUT2D eigenvalue weighted by Gasteiger charge is 2.35. The van der Waals surface area contributed by atoms with Crippen molar-refractivity contribution in [1.29, 1.82) is 0 Å². The minimum absolute atomic E-state index is 0.124. The molecule has 1 amide bonds. The van der Waals surface area contributed by atoms with E-state index in [4.69, 9.17) is 0 Å². The lowest BCUT2D eigenvalue weighted by Crippen LogP contribution is -2.56. The van der Waals surface area contributed by atoms with E-state index >= 15 is 0 Å². The maximum atomic E-state index is 12.5. The number of hydrogen-bond donors (Lipinski definition) is 1. The fourth-order valence-corrected chi connectivity index (χ4v) is 3.01. The Bertz CT molecular complexity index is 587. The van der Waals surface area contributed by atoms with Crippen molar-refractivity contribution < 1.29 is 4.79 Å². The summed E-state index contributed by atoms with van der Waals surface area (Å²) >= 11 is 0. The number of benzene rings is 1. The molecule has 3 nitrogen and oxygen atoms in total. The number of aryl methyl sites for hydroxylation is 1. The largest absolute Gasteiger partial charge is 0.354 e. The van der Waals surface area contributed by atoms with Crippen LogP contribution in [-0.4, -0.2) is 36.0 Å². The van der Waals surface area contributed by atoms with Crippen LogP contribution in [0.1, 0.15) is 45.2 Å². The first-order valence-electron chi connectivity index (χ1n) is 8.60. The van der Waals surface area contributed by atoms with Crippen LogP contribution in [-0.2, 0) is 4.79 Å². The fraction of sp³-hybridized carbons (Fsp3) is 0.550. The van der Waals surface area contributed by atoms with Crippen LogP contribution in [0.3, 0.4) is 0 Å². The van der Waals surface area contributed by atoms with E-state index in [1.54, 1.807) is 0 Å². The molecule has 1 heterocycles.